The van der Waals surface area contributed by atoms with E-state index in [0.29, 0.717) is 23.5 Å². The Hall–Kier alpha value is -4.21. The molecule has 0 N–H and O–H groups in total. The Balaban J connectivity index is 0.000000133. The maximum atomic E-state index is 12.7. The SMILES string of the molecule is CC(C)c1cn2cc(F)cnc2n1.CC(C)c1cn2cccnc2n1.Cc1cnc2nc(C(C)C)cn2c1. The molecule has 0 atom stereocenters. The lowest BCUT2D eigenvalue weighted by molar-refractivity contribution is 0.612. The average molecular weight is 516 g/mol. The molecule has 0 spiro atoms. The number of aromatic nitrogens is 9. The molecule has 0 unspecified atom stereocenters. The van der Waals surface area contributed by atoms with Crippen LogP contribution in [-0.2, 0) is 0 Å². The largest absolute Gasteiger partial charge is 0.291 e. The first-order valence-electron chi connectivity index (χ1n) is 12.7. The highest BCUT2D eigenvalue weighted by Gasteiger charge is 2.07. The molecule has 0 aliphatic carbocycles. The van der Waals surface area contributed by atoms with Crippen molar-refractivity contribution in [1.29, 1.82) is 0 Å². The van der Waals surface area contributed by atoms with Crippen molar-refractivity contribution in [1.82, 2.24) is 43.1 Å². The van der Waals surface area contributed by atoms with Gasteiger partial charge >= 0.3 is 0 Å². The zero-order chi connectivity index (χ0) is 27.4. The van der Waals surface area contributed by atoms with Gasteiger partial charge in [-0.1, -0.05) is 41.5 Å². The molecule has 0 aliphatic heterocycles. The molecule has 0 aromatic carbocycles. The van der Waals surface area contributed by atoms with Crippen molar-refractivity contribution in [3.05, 3.63) is 90.3 Å². The third-order valence-electron chi connectivity index (χ3n) is 5.78. The highest BCUT2D eigenvalue weighted by molar-refractivity contribution is 5.33. The van der Waals surface area contributed by atoms with Gasteiger partial charge in [0.15, 0.2) is 5.82 Å². The number of nitrogens with zero attached hydrogens (tertiary/aromatic N) is 9. The predicted molar refractivity (Wildman–Crippen MR) is 146 cm³/mol. The number of imidazole rings is 3. The first kappa shape index (κ1) is 26.8. The van der Waals surface area contributed by atoms with Crippen LogP contribution in [0.4, 0.5) is 4.39 Å². The highest BCUT2D eigenvalue weighted by atomic mass is 19.1. The van der Waals surface area contributed by atoms with Gasteiger partial charge in [-0.3, -0.25) is 13.2 Å². The van der Waals surface area contributed by atoms with Crippen LogP contribution in [0.5, 0.6) is 0 Å². The van der Waals surface area contributed by atoms with Crippen LogP contribution >= 0.6 is 0 Å². The van der Waals surface area contributed by atoms with E-state index < -0.39 is 0 Å². The lowest BCUT2D eigenvalue weighted by Crippen LogP contribution is -1.88. The second-order valence-corrected chi connectivity index (χ2v) is 10.1. The fourth-order valence-electron chi connectivity index (χ4n) is 3.57. The van der Waals surface area contributed by atoms with Gasteiger partial charge in [-0.15, -0.1) is 0 Å². The number of rotatable bonds is 3. The molecule has 0 saturated carbocycles. The fraction of sp³-hybridized carbons (Fsp3) is 0.357. The Morgan fingerprint density at radius 1 is 0.605 bits per heavy atom. The number of fused-ring (bicyclic) bond motifs is 3. The average Bonchev–Trinajstić information content (AvgIpc) is 3.60. The molecule has 6 aromatic heterocycles. The van der Waals surface area contributed by atoms with Crippen LogP contribution in [0.15, 0.2) is 61.8 Å². The molecule has 0 saturated heterocycles. The summed E-state index contributed by atoms with van der Waals surface area (Å²) in [6, 6.07) is 1.90. The predicted octanol–water partition coefficient (Wildman–Crippen LogP) is 6.01. The van der Waals surface area contributed by atoms with Crippen LogP contribution in [-0.4, -0.2) is 43.1 Å². The van der Waals surface area contributed by atoms with E-state index in [9.17, 15) is 4.39 Å². The molecule has 0 bridgehead atoms. The van der Waals surface area contributed by atoms with Gasteiger partial charge in [0.25, 0.3) is 0 Å². The summed E-state index contributed by atoms with van der Waals surface area (Å²) in [4.78, 5) is 25.2. The van der Waals surface area contributed by atoms with Gasteiger partial charge in [-0.05, 0) is 36.3 Å². The Morgan fingerprint density at radius 3 is 1.61 bits per heavy atom. The topological polar surface area (TPSA) is 90.6 Å². The quantitative estimate of drug-likeness (QED) is 0.287. The van der Waals surface area contributed by atoms with E-state index in [-0.39, 0.29) is 5.82 Å². The molecule has 10 heteroatoms. The molecular formula is C28H34FN9. The molecule has 6 aromatic rings. The van der Waals surface area contributed by atoms with Crippen LogP contribution in [0.3, 0.4) is 0 Å². The third kappa shape index (κ3) is 6.37. The van der Waals surface area contributed by atoms with Crippen molar-refractivity contribution in [2.45, 2.75) is 66.2 Å². The van der Waals surface area contributed by atoms with Crippen molar-refractivity contribution in [3.8, 4) is 0 Å². The summed E-state index contributed by atoms with van der Waals surface area (Å²) in [5, 5.41) is 0. The smallest absolute Gasteiger partial charge is 0.234 e. The second kappa shape index (κ2) is 11.5. The molecular weight excluding hydrogens is 481 g/mol. The molecule has 6 heterocycles. The summed E-state index contributed by atoms with van der Waals surface area (Å²) < 4.78 is 18.3. The van der Waals surface area contributed by atoms with Crippen molar-refractivity contribution in [2.24, 2.45) is 0 Å². The van der Waals surface area contributed by atoms with E-state index in [2.05, 4.69) is 57.6 Å². The van der Waals surface area contributed by atoms with E-state index in [4.69, 9.17) is 0 Å². The minimum absolute atomic E-state index is 0.338. The first-order chi connectivity index (χ1) is 18.1. The minimum Gasteiger partial charge on any atom is -0.291 e. The van der Waals surface area contributed by atoms with Crippen LogP contribution in [0.1, 0.15) is 81.9 Å². The molecule has 0 amide bonds. The van der Waals surface area contributed by atoms with Crippen LogP contribution in [0, 0.1) is 12.7 Å². The van der Waals surface area contributed by atoms with Gasteiger partial charge in [0.05, 0.1) is 23.3 Å². The van der Waals surface area contributed by atoms with E-state index >= 15 is 0 Å². The lowest BCUT2D eigenvalue weighted by Gasteiger charge is -1.94. The van der Waals surface area contributed by atoms with E-state index in [1.54, 1.807) is 16.8 Å². The Morgan fingerprint density at radius 2 is 1.08 bits per heavy atom. The van der Waals surface area contributed by atoms with Gasteiger partial charge in [-0.2, -0.15) is 0 Å². The summed E-state index contributed by atoms with van der Waals surface area (Å²) in [6.07, 6.45) is 16.0. The number of hydrogen-bond acceptors (Lipinski definition) is 6. The molecule has 198 valence electrons. The normalized spacial score (nSPS) is 11.3. The zero-order valence-electron chi connectivity index (χ0n) is 22.9. The molecule has 0 fully saturated rings. The van der Waals surface area contributed by atoms with Gasteiger partial charge in [0.1, 0.15) is 0 Å². The maximum Gasteiger partial charge on any atom is 0.234 e. The van der Waals surface area contributed by atoms with Crippen LogP contribution in [0.25, 0.3) is 17.3 Å². The summed E-state index contributed by atoms with van der Waals surface area (Å²) in [7, 11) is 0. The Bertz CT molecular complexity index is 1530. The second-order valence-electron chi connectivity index (χ2n) is 10.1. The van der Waals surface area contributed by atoms with Gasteiger partial charge in [-0.25, -0.2) is 34.3 Å². The standard InChI is InChI=1S/C10H13N3.C9H10FN3.C9H11N3/c1-7(2)9-6-13-5-8(3)4-11-10(13)12-9;1-6(2)8-5-13-4-7(10)3-11-9(13)12-8;1-7(2)8-6-12-5-3-4-10-9(12)11-8/h4-7H,1-3H3;3-6H,1-2H3;3-7H,1-2H3. The summed E-state index contributed by atoms with van der Waals surface area (Å²) in [6.45, 7) is 14.6. The molecule has 38 heavy (non-hydrogen) atoms. The fourth-order valence-corrected chi connectivity index (χ4v) is 3.57. The summed E-state index contributed by atoms with van der Waals surface area (Å²) >= 11 is 0. The lowest BCUT2D eigenvalue weighted by atomic mass is 10.2. The molecule has 0 aliphatic rings. The van der Waals surface area contributed by atoms with E-state index in [0.717, 1.165) is 34.2 Å². The van der Waals surface area contributed by atoms with Crippen LogP contribution < -0.4 is 0 Å². The number of halogens is 1. The highest BCUT2D eigenvalue weighted by Crippen LogP contribution is 2.14. The van der Waals surface area contributed by atoms with Crippen molar-refractivity contribution >= 4 is 17.3 Å². The van der Waals surface area contributed by atoms with E-state index in [1.165, 1.54) is 12.4 Å². The van der Waals surface area contributed by atoms with Crippen molar-refractivity contribution in [3.63, 3.8) is 0 Å². The summed E-state index contributed by atoms with van der Waals surface area (Å²) in [5.41, 5.74) is 4.27. The molecule has 0 radical (unpaired) electrons. The monoisotopic (exact) mass is 515 g/mol. The minimum atomic E-state index is -0.347. The summed E-state index contributed by atoms with van der Waals surface area (Å²) in [5.74, 6) is 3.03. The van der Waals surface area contributed by atoms with Gasteiger partial charge in [0, 0.05) is 49.6 Å². The van der Waals surface area contributed by atoms with Crippen molar-refractivity contribution in [2.75, 3.05) is 0 Å². The number of hydrogen-bond donors (Lipinski definition) is 0. The van der Waals surface area contributed by atoms with Crippen LogP contribution in [0.2, 0.25) is 0 Å². The van der Waals surface area contributed by atoms with Gasteiger partial charge in [0.2, 0.25) is 17.3 Å². The third-order valence-corrected chi connectivity index (χ3v) is 5.78. The molecule has 6 rings (SSSR count). The first-order valence-corrected chi connectivity index (χ1v) is 12.7. The zero-order valence-corrected chi connectivity index (χ0v) is 22.9. The maximum absolute atomic E-state index is 12.7. The molecule has 9 nitrogen and oxygen atoms in total. The van der Waals surface area contributed by atoms with E-state index in [1.807, 2.05) is 66.6 Å². The number of aryl methyl sites for hydroxylation is 1. The Kier molecular flexibility index (Phi) is 8.09. The van der Waals surface area contributed by atoms with Gasteiger partial charge < -0.3 is 0 Å². The Labute approximate surface area is 221 Å². The van der Waals surface area contributed by atoms with Crippen molar-refractivity contribution < 1.29 is 4.39 Å².